The molecule has 6 nitrogen and oxygen atoms in total. The van der Waals surface area contributed by atoms with Crippen molar-refractivity contribution in [1.82, 2.24) is 0 Å². The van der Waals surface area contributed by atoms with E-state index in [1.807, 2.05) is 72.1 Å². The smallest absolute Gasteiger partial charge is 0.188 e. The molecule has 0 aromatic heterocycles. The van der Waals surface area contributed by atoms with E-state index in [4.69, 9.17) is 14.2 Å². The zero-order valence-electron chi connectivity index (χ0n) is 79.2. The summed E-state index contributed by atoms with van der Waals surface area (Å²) in [4.78, 5) is 12.3. The molecule has 3 aliphatic heterocycles. The molecule has 145 heavy (non-hydrogen) atoms. The number of fused-ring (bicyclic) bond motifs is 7. The maximum absolute atomic E-state index is 6.71. The third-order valence-electron chi connectivity index (χ3n) is 27.3. The fraction of sp³-hybridized carbons (Fsp3) is 0. The number of para-hydroxylation sites is 3. The SMILES string of the molecule is c1ccc(-c2ccc(N(c3ccc(-c4ccc5c(c4)[Si](c4ccccc4)(c4ccccc4)c4ccccc4O5)cc3)c3cccc4ccccc34)cc2)cc1.c1ccc(-c2ccc(N(c3ccc(-c4ccccc4)cc3)c3ccc(-c4ccc5c(c4)Oc4ccccc4O5)cc3)cc2)cc1.c1ccc(-c2ccc(N(c3ccc(-c4ccccc4)cc3)c3ccc(-c4ccc5c(c4)Sc4ccccc4S5)cc3)cc2)cc1. The van der Waals surface area contributed by atoms with Gasteiger partial charge >= 0.3 is 0 Å². The lowest BCUT2D eigenvalue weighted by molar-refractivity contribution is 0.360. The van der Waals surface area contributed by atoms with E-state index in [2.05, 4.69) is 542 Å². The normalized spacial score (nSPS) is 12.0. The predicted molar refractivity (Wildman–Crippen MR) is 609 cm³/mol. The van der Waals surface area contributed by atoms with Crippen LogP contribution in [0.15, 0.2) is 596 Å². The molecular weight excluding hydrogens is 1820 g/mol. The minimum atomic E-state index is -2.75. The summed E-state index contributed by atoms with van der Waals surface area (Å²) in [5, 5.41) is 7.64. The average Bonchev–Trinajstić information content (AvgIpc) is 0.702. The summed E-state index contributed by atoms with van der Waals surface area (Å²) in [7, 11) is -2.75. The second-order valence-corrected chi connectivity index (χ2v) is 42.0. The summed E-state index contributed by atoms with van der Waals surface area (Å²) in [6.45, 7) is 0. The van der Waals surface area contributed by atoms with Gasteiger partial charge in [-0.1, -0.05) is 436 Å². The Bertz CT molecular complexity index is 7980. The molecule has 688 valence electrons. The molecule has 3 heterocycles. The van der Waals surface area contributed by atoms with Crippen molar-refractivity contribution in [2.45, 2.75) is 19.6 Å². The van der Waals surface area contributed by atoms with Gasteiger partial charge in [-0.3, -0.25) is 0 Å². The van der Waals surface area contributed by atoms with E-state index >= 15 is 0 Å². The Morgan fingerprint density at radius 1 is 0.152 bits per heavy atom. The number of hydrogen-bond acceptors (Lipinski definition) is 8. The van der Waals surface area contributed by atoms with Crippen LogP contribution in [0.4, 0.5) is 51.2 Å². The van der Waals surface area contributed by atoms with Crippen LogP contribution in [-0.2, 0) is 0 Å². The molecule has 0 N–H and O–H groups in total. The largest absolute Gasteiger partial charge is 0.458 e. The topological polar surface area (TPSA) is 37.4 Å². The summed E-state index contributed by atoms with van der Waals surface area (Å²) >= 11 is 3.72. The molecule has 23 aromatic carbocycles. The van der Waals surface area contributed by atoms with E-state index in [0.29, 0.717) is 5.75 Å². The molecule has 0 aliphatic carbocycles. The van der Waals surface area contributed by atoms with Crippen molar-refractivity contribution in [2.24, 2.45) is 0 Å². The molecule has 23 aromatic rings. The van der Waals surface area contributed by atoms with Crippen molar-refractivity contribution in [1.29, 1.82) is 0 Å². The molecule has 3 aliphatic rings. The summed E-state index contributed by atoms with van der Waals surface area (Å²) in [6.07, 6.45) is 0. The van der Waals surface area contributed by atoms with Gasteiger partial charge in [-0.15, -0.1) is 0 Å². The lowest BCUT2D eigenvalue weighted by Gasteiger charge is -2.39. The van der Waals surface area contributed by atoms with Crippen LogP contribution in [0.3, 0.4) is 0 Å². The van der Waals surface area contributed by atoms with Gasteiger partial charge in [0.2, 0.25) is 0 Å². The molecule has 0 saturated carbocycles. The van der Waals surface area contributed by atoms with Gasteiger partial charge in [0, 0.05) is 70.5 Å². The number of ether oxygens (including phenoxy) is 3. The third-order valence-corrected chi connectivity index (χ3v) is 34.7. The van der Waals surface area contributed by atoms with Crippen LogP contribution in [0.5, 0.6) is 34.5 Å². The zero-order chi connectivity index (χ0) is 96.6. The second-order valence-electron chi connectivity index (χ2n) is 36.1. The van der Waals surface area contributed by atoms with Gasteiger partial charge in [-0.05, 0) is 279 Å². The first-order valence-corrected chi connectivity index (χ1v) is 52.6. The van der Waals surface area contributed by atoms with E-state index in [1.54, 1.807) is 0 Å². The van der Waals surface area contributed by atoms with Crippen LogP contribution < -0.4 is 49.7 Å². The van der Waals surface area contributed by atoms with E-state index in [1.165, 1.54) is 123 Å². The molecule has 9 heteroatoms. The summed E-state index contributed by atoms with van der Waals surface area (Å²) < 4.78 is 18.9. The fourth-order valence-corrected chi connectivity index (χ4v) is 27.3. The predicted octanol–water partition coefficient (Wildman–Crippen LogP) is 36.0. The van der Waals surface area contributed by atoms with E-state index in [0.717, 1.165) is 96.6 Å². The number of anilines is 9. The Morgan fingerprint density at radius 3 is 0.814 bits per heavy atom. The van der Waals surface area contributed by atoms with Crippen LogP contribution >= 0.6 is 23.5 Å². The van der Waals surface area contributed by atoms with Gasteiger partial charge in [0.1, 0.15) is 11.5 Å². The lowest BCUT2D eigenvalue weighted by Crippen LogP contribution is -2.76. The average molecular weight is 1910 g/mol. The number of rotatable bonds is 19. The Morgan fingerprint density at radius 2 is 0.407 bits per heavy atom. The van der Waals surface area contributed by atoms with Crippen molar-refractivity contribution in [3.8, 4) is 124 Å². The van der Waals surface area contributed by atoms with Crippen molar-refractivity contribution >= 4 is 114 Å². The van der Waals surface area contributed by atoms with Gasteiger partial charge in [-0.25, -0.2) is 0 Å². The first kappa shape index (κ1) is 89.6. The molecule has 0 fully saturated rings. The van der Waals surface area contributed by atoms with Gasteiger partial charge in [0.05, 0.1) is 5.69 Å². The van der Waals surface area contributed by atoms with Crippen molar-refractivity contribution < 1.29 is 14.2 Å². The van der Waals surface area contributed by atoms with Crippen LogP contribution in [0.25, 0.3) is 99.8 Å². The highest BCUT2D eigenvalue weighted by molar-refractivity contribution is 8.05. The number of hydrogen-bond donors (Lipinski definition) is 0. The van der Waals surface area contributed by atoms with E-state index < -0.39 is 8.07 Å². The Hall–Kier alpha value is -18.0. The zero-order valence-corrected chi connectivity index (χ0v) is 81.9. The molecule has 0 radical (unpaired) electrons. The fourth-order valence-electron chi connectivity index (χ4n) is 20.1. The molecule has 0 amide bonds. The minimum Gasteiger partial charge on any atom is -0.458 e. The molecule has 0 atom stereocenters. The maximum Gasteiger partial charge on any atom is 0.188 e. The van der Waals surface area contributed by atoms with Crippen molar-refractivity contribution in [3.63, 3.8) is 0 Å². The summed E-state index contributed by atoms with van der Waals surface area (Å²) in [6, 6.07) is 206. The van der Waals surface area contributed by atoms with Crippen LogP contribution in [-0.4, -0.2) is 8.07 Å². The quantitative estimate of drug-likeness (QED) is 0.0742. The van der Waals surface area contributed by atoms with Crippen LogP contribution in [0.2, 0.25) is 0 Å². The Kier molecular flexibility index (Phi) is 25.2. The molecule has 26 rings (SSSR count). The van der Waals surface area contributed by atoms with Crippen molar-refractivity contribution in [2.75, 3.05) is 14.7 Å². The highest BCUT2D eigenvalue weighted by atomic mass is 32.2. The highest BCUT2D eigenvalue weighted by Crippen LogP contribution is 2.52. The number of benzene rings is 23. The molecular formula is C136H95N3O3S2Si. The molecule has 0 spiro atoms. The van der Waals surface area contributed by atoms with E-state index in [-0.39, 0.29) is 0 Å². The first-order valence-electron chi connectivity index (χ1n) is 49.0. The molecule has 0 unspecified atom stereocenters. The standard InChI is InChI=1S/C52H37NOSi.C42H29NO2.C42H29NS2/c1-4-15-38(16-5-1)39-27-32-43(33-28-39)53(48-24-14-18-41-17-10-11-23-47(41)48)44-34-29-40(30-35-44)42-31-36-50-52(37-42)55(45-19-6-2-7-20-45,46-21-8-3-9-22-46)51-26-13-12-25-49(51)54-50;2*1-3-9-30(10-4-1)32-15-22-36(23-16-32)43(37-24-17-33(18-25-37)31-11-5-2-6-12-31)38-26-19-34(20-27-38)35-21-28-41-42(29-35)45-40-14-8-7-13-39(40)44-41/h1-37H;2*1-29H. The molecule has 0 saturated heterocycles. The van der Waals surface area contributed by atoms with E-state index in [9.17, 15) is 0 Å². The lowest BCUT2D eigenvalue weighted by atomic mass is 10.0. The minimum absolute atomic E-state index is 0.717. The highest BCUT2D eigenvalue weighted by Gasteiger charge is 2.48. The van der Waals surface area contributed by atoms with Gasteiger partial charge in [0.25, 0.3) is 0 Å². The van der Waals surface area contributed by atoms with Crippen LogP contribution in [0.1, 0.15) is 0 Å². The maximum atomic E-state index is 6.71. The Labute approximate surface area is 856 Å². The Balaban J connectivity index is 0.000000118. The summed E-state index contributed by atoms with van der Waals surface area (Å²) in [5.41, 5.74) is 29.0. The number of nitrogens with zero attached hydrogens (tertiary/aromatic N) is 3. The monoisotopic (exact) mass is 1910 g/mol. The summed E-state index contributed by atoms with van der Waals surface area (Å²) in [5.74, 6) is 4.77. The van der Waals surface area contributed by atoms with Gasteiger partial charge in [0.15, 0.2) is 31.1 Å². The second kappa shape index (κ2) is 40.7. The van der Waals surface area contributed by atoms with Gasteiger partial charge in [-0.2, -0.15) is 0 Å². The third kappa shape index (κ3) is 18.6. The van der Waals surface area contributed by atoms with Crippen LogP contribution in [0, 0.1) is 0 Å². The van der Waals surface area contributed by atoms with Crippen molar-refractivity contribution in [3.05, 3.63) is 576 Å². The molecule has 0 bridgehead atoms. The van der Waals surface area contributed by atoms with Gasteiger partial charge < -0.3 is 28.9 Å². The first-order chi connectivity index (χ1) is 71.8.